The van der Waals surface area contributed by atoms with Crippen molar-refractivity contribution in [2.45, 2.75) is 57.0 Å². The van der Waals surface area contributed by atoms with Gasteiger partial charge in [0.1, 0.15) is 0 Å². The van der Waals surface area contributed by atoms with E-state index in [0.717, 1.165) is 50.6 Å². The highest BCUT2D eigenvalue weighted by Crippen LogP contribution is 2.41. The third kappa shape index (κ3) is 3.67. The maximum Gasteiger partial charge on any atom is 0.253 e. The van der Waals surface area contributed by atoms with Crippen LogP contribution in [0.2, 0.25) is 0 Å². The normalized spacial score (nSPS) is 25.8. The summed E-state index contributed by atoms with van der Waals surface area (Å²) >= 11 is 0. The molecule has 0 aromatic heterocycles. The molecule has 3 aliphatic rings. The van der Waals surface area contributed by atoms with Gasteiger partial charge in [0.05, 0.1) is 6.61 Å². The predicted molar refractivity (Wildman–Crippen MR) is 103 cm³/mol. The Labute approximate surface area is 157 Å². The van der Waals surface area contributed by atoms with Gasteiger partial charge in [-0.1, -0.05) is 17.7 Å². The number of amides is 1. The molecule has 1 spiro atoms. The summed E-state index contributed by atoms with van der Waals surface area (Å²) in [6, 6.07) is 8.51. The van der Waals surface area contributed by atoms with E-state index >= 15 is 0 Å². The molecule has 4 nitrogen and oxygen atoms in total. The van der Waals surface area contributed by atoms with Gasteiger partial charge in [-0.05, 0) is 70.5 Å². The average Bonchev–Trinajstić information content (AvgIpc) is 3.44. The third-order valence-electron chi connectivity index (χ3n) is 6.88. The second-order valence-corrected chi connectivity index (χ2v) is 8.67. The van der Waals surface area contributed by atoms with Crippen LogP contribution in [-0.4, -0.2) is 60.6 Å². The first-order chi connectivity index (χ1) is 12.6. The molecule has 0 N–H and O–H groups in total. The van der Waals surface area contributed by atoms with Gasteiger partial charge in [0.15, 0.2) is 0 Å². The average molecular weight is 357 g/mol. The Kier molecular flexibility index (Phi) is 5.07. The summed E-state index contributed by atoms with van der Waals surface area (Å²) in [5, 5.41) is 0. The number of aryl methyl sites for hydroxylation is 1. The number of carbonyl (C=O) groups is 1. The van der Waals surface area contributed by atoms with Crippen LogP contribution in [0, 0.1) is 12.8 Å². The first kappa shape index (κ1) is 18.0. The molecule has 1 saturated carbocycles. The lowest BCUT2D eigenvalue weighted by molar-refractivity contribution is 0.0172. The molecule has 1 aliphatic carbocycles. The Balaban J connectivity index is 1.30. The van der Waals surface area contributed by atoms with Crippen molar-refractivity contribution in [3.05, 3.63) is 35.4 Å². The summed E-state index contributed by atoms with van der Waals surface area (Å²) in [6.07, 6.45) is 7.35. The molecule has 26 heavy (non-hydrogen) atoms. The van der Waals surface area contributed by atoms with Crippen LogP contribution < -0.4 is 0 Å². The minimum Gasteiger partial charge on any atom is -0.380 e. The topological polar surface area (TPSA) is 32.8 Å². The van der Waals surface area contributed by atoms with E-state index in [1.54, 1.807) is 0 Å². The Morgan fingerprint density at radius 2 is 1.77 bits per heavy atom. The number of rotatable bonds is 5. The Morgan fingerprint density at radius 1 is 1.08 bits per heavy atom. The smallest absolute Gasteiger partial charge is 0.253 e. The van der Waals surface area contributed by atoms with Crippen molar-refractivity contribution in [1.29, 1.82) is 0 Å². The Bertz CT molecular complexity index is 630. The molecular weight excluding hydrogens is 324 g/mol. The number of ether oxygens (including phenoxy) is 1. The van der Waals surface area contributed by atoms with Crippen molar-refractivity contribution in [2.24, 2.45) is 5.92 Å². The SMILES string of the molecule is Cc1ccc(C(=O)N2CCC3(CC[C@H](COCC4CC4)N3C)CC2)cc1. The van der Waals surface area contributed by atoms with Crippen LogP contribution in [-0.2, 0) is 4.74 Å². The molecule has 1 atom stereocenters. The van der Waals surface area contributed by atoms with E-state index in [9.17, 15) is 4.79 Å². The number of carbonyl (C=O) groups excluding carboxylic acids is 1. The van der Waals surface area contributed by atoms with Gasteiger partial charge in [-0.3, -0.25) is 9.69 Å². The first-order valence-electron chi connectivity index (χ1n) is 10.2. The van der Waals surface area contributed by atoms with E-state index in [-0.39, 0.29) is 11.4 Å². The Hall–Kier alpha value is -1.39. The molecule has 0 bridgehead atoms. The lowest BCUT2D eigenvalue weighted by Gasteiger charge is -2.45. The van der Waals surface area contributed by atoms with Gasteiger partial charge in [0.25, 0.3) is 5.91 Å². The van der Waals surface area contributed by atoms with Gasteiger partial charge in [-0.2, -0.15) is 0 Å². The molecule has 0 unspecified atom stereocenters. The highest BCUT2D eigenvalue weighted by Gasteiger charge is 2.46. The minimum atomic E-state index is 0.185. The molecule has 2 aliphatic heterocycles. The number of piperidine rings is 1. The van der Waals surface area contributed by atoms with Crippen LogP contribution in [0.1, 0.15) is 54.4 Å². The molecular formula is C22H32N2O2. The number of hydrogen-bond acceptors (Lipinski definition) is 3. The summed E-state index contributed by atoms with van der Waals surface area (Å²) in [6.45, 7) is 5.62. The minimum absolute atomic E-state index is 0.185. The number of hydrogen-bond donors (Lipinski definition) is 0. The quantitative estimate of drug-likeness (QED) is 0.810. The highest BCUT2D eigenvalue weighted by molar-refractivity contribution is 5.94. The highest BCUT2D eigenvalue weighted by atomic mass is 16.5. The molecule has 2 heterocycles. The van der Waals surface area contributed by atoms with Crippen LogP contribution in [0.25, 0.3) is 0 Å². The van der Waals surface area contributed by atoms with E-state index in [0.29, 0.717) is 6.04 Å². The molecule has 0 radical (unpaired) electrons. The molecule has 1 amide bonds. The number of benzene rings is 1. The fourth-order valence-electron chi connectivity index (χ4n) is 4.65. The van der Waals surface area contributed by atoms with Crippen molar-refractivity contribution >= 4 is 5.91 Å². The summed E-state index contributed by atoms with van der Waals surface area (Å²) < 4.78 is 5.97. The van der Waals surface area contributed by atoms with Gasteiger partial charge < -0.3 is 9.64 Å². The third-order valence-corrected chi connectivity index (χ3v) is 6.88. The van der Waals surface area contributed by atoms with Crippen molar-refractivity contribution < 1.29 is 9.53 Å². The number of likely N-dealkylation sites (N-methyl/N-ethyl adjacent to an activating group) is 1. The van der Waals surface area contributed by atoms with Crippen molar-refractivity contribution in [2.75, 3.05) is 33.4 Å². The van der Waals surface area contributed by atoms with E-state index in [1.807, 2.05) is 29.2 Å². The fourth-order valence-corrected chi connectivity index (χ4v) is 4.65. The molecule has 1 aromatic rings. The summed E-state index contributed by atoms with van der Waals surface area (Å²) in [4.78, 5) is 17.4. The first-order valence-corrected chi connectivity index (χ1v) is 10.2. The van der Waals surface area contributed by atoms with Crippen LogP contribution >= 0.6 is 0 Å². The summed E-state index contributed by atoms with van der Waals surface area (Å²) in [5.74, 6) is 1.02. The van der Waals surface area contributed by atoms with Gasteiger partial charge in [-0.25, -0.2) is 0 Å². The van der Waals surface area contributed by atoms with Gasteiger partial charge >= 0.3 is 0 Å². The zero-order valence-corrected chi connectivity index (χ0v) is 16.2. The second kappa shape index (κ2) is 7.32. The largest absolute Gasteiger partial charge is 0.380 e. The lowest BCUT2D eigenvalue weighted by Crippen LogP contribution is -2.54. The van der Waals surface area contributed by atoms with E-state index in [4.69, 9.17) is 4.74 Å². The van der Waals surface area contributed by atoms with Crippen LogP contribution in [0.5, 0.6) is 0 Å². The monoisotopic (exact) mass is 356 g/mol. The summed E-state index contributed by atoms with van der Waals surface area (Å²) in [5.41, 5.74) is 2.29. The second-order valence-electron chi connectivity index (χ2n) is 8.67. The van der Waals surface area contributed by atoms with Crippen LogP contribution in [0.3, 0.4) is 0 Å². The van der Waals surface area contributed by atoms with Gasteiger partial charge in [-0.15, -0.1) is 0 Å². The van der Waals surface area contributed by atoms with E-state index < -0.39 is 0 Å². The number of likely N-dealkylation sites (tertiary alicyclic amines) is 2. The molecule has 142 valence electrons. The predicted octanol–water partition coefficient (Wildman–Crippen LogP) is 3.49. The molecule has 1 aromatic carbocycles. The van der Waals surface area contributed by atoms with Crippen molar-refractivity contribution in [3.8, 4) is 0 Å². The molecule has 3 fully saturated rings. The fraction of sp³-hybridized carbons (Fsp3) is 0.682. The van der Waals surface area contributed by atoms with Crippen LogP contribution in [0.15, 0.2) is 24.3 Å². The van der Waals surface area contributed by atoms with Gasteiger partial charge in [0, 0.05) is 36.8 Å². The maximum atomic E-state index is 12.8. The lowest BCUT2D eigenvalue weighted by atomic mass is 9.85. The standard InChI is InChI=1S/C22H32N2O2/c1-17-3-7-19(8-4-17)21(25)24-13-11-22(12-14-24)10-9-20(23(22)2)16-26-15-18-5-6-18/h3-4,7-8,18,20H,5-6,9-16H2,1-2H3/t20-/m1/s1. The maximum absolute atomic E-state index is 12.8. The van der Waals surface area contributed by atoms with Crippen molar-refractivity contribution in [1.82, 2.24) is 9.80 Å². The Morgan fingerprint density at radius 3 is 2.42 bits per heavy atom. The zero-order valence-electron chi connectivity index (χ0n) is 16.2. The molecule has 2 saturated heterocycles. The molecule has 4 heteroatoms. The van der Waals surface area contributed by atoms with E-state index in [2.05, 4.69) is 18.9 Å². The number of nitrogens with zero attached hydrogens (tertiary/aromatic N) is 2. The zero-order chi connectivity index (χ0) is 18.1. The van der Waals surface area contributed by atoms with Gasteiger partial charge in [0.2, 0.25) is 0 Å². The van der Waals surface area contributed by atoms with Crippen molar-refractivity contribution in [3.63, 3.8) is 0 Å². The summed E-state index contributed by atoms with van der Waals surface area (Å²) in [7, 11) is 2.27. The molecule has 4 rings (SSSR count). The van der Waals surface area contributed by atoms with E-state index in [1.165, 1.54) is 31.2 Å². The van der Waals surface area contributed by atoms with Crippen LogP contribution in [0.4, 0.5) is 0 Å².